The molecule has 216 valence electrons. The van der Waals surface area contributed by atoms with Crippen LogP contribution in [0.4, 0.5) is 0 Å². The summed E-state index contributed by atoms with van der Waals surface area (Å²) in [6.07, 6.45) is 2.97. The molecule has 0 nitrogen and oxygen atoms in total. The molecule has 6 aromatic carbocycles. The Morgan fingerprint density at radius 1 is 0.279 bits per heavy atom. The van der Waals surface area contributed by atoms with Gasteiger partial charge in [0.2, 0.25) is 0 Å². The van der Waals surface area contributed by atoms with Crippen LogP contribution in [0.2, 0.25) is 0 Å². The summed E-state index contributed by atoms with van der Waals surface area (Å²) in [5.41, 5.74) is 0. The number of halogens is 2. The Morgan fingerprint density at radius 3 is 0.605 bits per heavy atom. The van der Waals surface area contributed by atoms with Crippen molar-refractivity contribution in [1.82, 2.24) is 0 Å². The van der Waals surface area contributed by atoms with E-state index in [1.165, 1.54) is 31.8 Å². The van der Waals surface area contributed by atoms with Crippen molar-refractivity contribution in [3.63, 3.8) is 0 Å². The van der Waals surface area contributed by atoms with E-state index in [9.17, 15) is 0 Å². The summed E-state index contributed by atoms with van der Waals surface area (Å²) >= 11 is 9.40. The van der Waals surface area contributed by atoms with Crippen molar-refractivity contribution in [3.05, 3.63) is 182 Å². The fraction of sp³-hybridized carbons (Fsp3) is 0.0769. The van der Waals surface area contributed by atoms with Crippen LogP contribution in [0.15, 0.2) is 182 Å². The zero-order valence-corrected chi connectivity index (χ0v) is 29.1. The van der Waals surface area contributed by atoms with Crippen LogP contribution in [0.25, 0.3) is 0 Å². The van der Waals surface area contributed by atoms with E-state index in [1.54, 1.807) is 0 Å². The van der Waals surface area contributed by atoms with Gasteiger partial charge in [0.15, 0.2) is 0 Å². The second-order valence-corrected chi connectivity index (χ2v) is 29.3. The first-order valence-corrected chi connectivity index (χ1v) is 23.7. The van der Waals surface area contributed by atoms with Crippen LogP contribution in [0.5, 0.6) is 0 Å². The maximum atomic E-state index is 4.70. The van der Waals surface area contributed by atoms with Crippen molar-refractivity contribution in [1.29, 1.82) is 0 Å². The predicted octanol–water partition coefficient (Wildman–Crippen LogP) is 9.06. The summed E-state index contributed by atoms with van der Waals surface area (Å²) in [7, 11) is 0. The van der Waals surface area contributed by atoms with Crippen molar-refractivity contribution in [2.75, 3.05) is 12.3 Å². The molecule has 43 heavy (non-hydrogen) atoms. The molecular formula is C39H36Br2P2. The van der Waals surface area contributed by atoms with E-state index in [1.807, 2.05) is 0 Å². The Hall–Kier alpha value is -2.86. The Labute approximate surface area is 272 Å². The van der Waals surface area contributed by atoms with E-state index in [-0.39, 0.29) is 0 Å². The van der Waals surface area contributed by atoms with Crippen LogP contribution < -0.4 is 31.8 Å². The Kier molecular flexibility index (Phi) is 8.61. The molecule has 0 heterocycles. The minimum absolute atomic E-state index is 0.986. The first-order chi connectivity index (χ1) is 21.0. The van der Waals surface area contributed by atoms with Gasteiger partial charge in [0.25, 0.3) is 0 Å². The summed E-state index contributed by atoms with van der Waals surface area (Å²) in [5.74, 6) is 0. The topological polar surface area (TPSA) is 0 Å². The molecule has 0 N–H and O–H groups in total. The van der Waals surface area contributed by atoms with Crippen LogP contribution in [0.3, 0.4) is 0 Å². The van der Waals surface area contributed by atoms with Gasteiger partial charge in [-0.25, -0.2) is 0 Å². The molecule has 6 rings (SSSR count). The fourth-order valence-electron chi connectivity index (χ4n) is 6.77. The molecule has 4 heteroatoms. The second kappa shape index (κ2) is 12.3. The molecule has 0 unspecified atom stereocenters. The second-order valence-electron chi connectivity index (χ2n) is 11.2. The van der Waals surface area contributed by atoms with Gasteiger partial charge < -0.3 is 0 Å². The Morgan fingerprint density at radius 2 is 0.442 bits per heavy atom. The molecule has 0 aliphatic carbocycles. The first-order valence-electron chi connectivity index (χ1n) is 14.8. The first kappa shape index (κ1) is 30.2. The van der Waals surface area contributed by atoms with Gasteiger partial charge in [-0.1, -0.05) is 0 Å². The van der Waals surface area contributed by atoms with E-state index in [0.29, 0.717) is 0 Å². The summed E-state index contributed by atoms with van der Waals surface area (Å²) in [5, 5.41) is 2.02. The molecule has 0 spiro atoms. The standard InChI is InChI=1S/C39H36Br2P2/c40-42(34-20-7-1-8-21-34,35-22-9-2-10-23-35,36-24-11-3-12-25-36)32-19-33-43(41,37-26-13-4-14-27-37,38-28-15-5-16-29-38)39-30-17-6-18-31-39/h1-18,20-31H,19,32-33H2. The number of hydrogen-bond acceptors (Lipinski definition) is 0. The molecule has 0 aliphatic heterocycles. The third-order valence-electron chi connectivity index (χ3n) is 8.92. The molecule has 0 saturated heterocycles. The maximum absolute atomic E-state index is 4.70. The van der Waals surface area contributed by atoms with Gasteiger partial charge in [-0.05, 0) is 0 Å². The Balaban J connectivity index is 1.58. The zero-order chi connectivity index (χ0) is 29.7. The van der Waals surface area contributed by atoms with Gasteiger partial charge in [0.1, 0.15) is 0 Å². The minimum atomic E-state index is -3.07. The molecule has 0 aliphatic rings. The molecule has 6 aromatic rings. The third-order valence-corrected chi connectivity index (χ3v) is 29.0. The zero-order valence-electron chi connectivity index (χ0n) is 24.1. The molecule has 0 bridgehead atoms. The molecule has 0 saturated carbocycles. The van der Waals surface area contributed by atoms with Crippen molar-refractivity contribution >= 4 is 73.4 Å². The van der Waals surface area contributed by atoms with E-state index < -0.39 is 10.6 Å². The third kappa shape index (κ3) is 5.08. The Bertz CT molecular complexity index is 1430. The van der Waals surface area contributed by atoms with Gasteiger partial charge in [0, 0.05) is 0 Å². The molecule has 0 radical (unpaired) electrons. The van der Waals surface area contributed by atoms with Gasteiger partial charge in [-0.15, -0.1) is 0 Å². The summed E-state index contributed by atoms with van der Waals surface area (Å²) in [6, 6.07) is 66.9. The molecule has 0 fully saturated rings. The number of hydrogen-bond donors (Lipinski definition) is 0. The SMILES string of the molecule is BrP(CCCP(Br)(c1ccccc1)(c1ccccc1)c1ccccc1)(c1ccccc1)(c1ccccc1)c1ccccc1. The van der Waals surface area contributed by atoms with Crippen LogP contribution >= 0.6 is 41.6 Å². The molecule has 0 aromatic heterocycles. The monoisotopic (exact) mass is 724 g/mol. The van der Waals surface area contributed by atoms with E-state index in [0.717, 1.165) is 18.7 Å². The van der Waals surface area contributed by atoms with Gasteiger partial charge in [0.05, 0.1) is 0 Å². The summed E-state index contributed by atoms with van der Waals surface area (Å²) in [6.45, 7) is 0. The molecular weight excluding hydrogens is 690 g/mol. The van der Waals surface area contributed by atoms with E-state index >= 15 is 0 Å². The van der Waals surface area contributed by atoms with Crippen molar-refractivity contribution < 1.29 is 0 Å². The average Bonchev–Trinajstić information content (AvgIpc) is 3.10. The summed E-state index contributed by atoms with van der Waals surface area (Å²) in [4.78, 5) is 0. The predicted molar refractivity (Wildman–Crippen MR) is 203 cm³/mol. The normalized spacial score (nSPS) is 13.7. The summed E-state index contributed by atoms with van der Waals surface area (Å²) < 4.78 is 0. The number of benzene rings is 6. The average molecular weight is 726 g/mol. The van der Waals surface area contributed by atoms with Gasteiger partial charge in [-0.3, -0.25) is 0 Å². The quantitative estimate of drug-likeness (QED) is 0.124. The van der Waals surface area contributed by atoms with E-state index in [2.05, 4.69) is 182 Å². The van der Waals surface area contributed by atoms with Gasteiger partial charge >= 0.3 is 274 Å². The van der Waals surface area contributed by atoms with Crippen molar-refractivity contribution in [2.24, 2.45) is 0 Å². The van der Waals surface area contributed by atoms with Crippen molar-refractivity contribution in [3.8, 4) is 0 Å². The fourth-order valence-corrected chi connectivity index (χ4v) is 22.4. The van der Waals surface area contributed by atoms with Crippen LogP contribution in [0.1, 0.15) is 6.42 Å². The molecule has 0 amide bonds. The van der Waals surface area contributed by atoms with E-state index in [4.69, 9.17) is 31.0 Å². The van der Waals surface area contributed by atoms with Crippen LogP contribution in [-0.4, -0.2) is 12.3 Å². The van der Waals surface area contributed by atoms with Crippen LogP contribution in [0, 0.1) is 0 Å². The molecule has 0 atom stereocenters. The van der Waals surface area contributed by atoms with Crippen LogP contribution in [-0.2, 0) is 0 Å². The van der Waals surface area contributed by atoms with Crippen molar-refractivity contribution in [2.45, 2.75) is 6.42 Å². The number of rotatable bonds is 10. The van der Waals surface area contributed by atoms with Gasteiger partial charge in [-0.2, -0.15) is 0 Å².